The van der Waals surface area contributed by atoms with Crippen LogP contribution in [0.3, 0.4) is 0 Å². The van der Waals surface area contributed by atoms with Crippen molar-refractivity contribution in [3.63, 3.8) is 0 Å². The predicted molar refractivity (Wildman–Crippen MR) is 86.1 cm³/mol. The van der Waals surface area contributed by atoms with Gasteiger partial charge in [0.05, 0.1) is 6.61 Å². The third-order valence-corrected chi connectivity index (χ3v) is 5.50. The van der Waals surface area contributed by atoms with Crippen LogP contribution in [0.5, 0.6) is 0 Å². The molecule has 2 aromatic rings. The molecule has 0 aliphatic heterocycles. The van der Waals surface area contributed by atoms with Gasteiger partial charge in [0.15, 0.2) is 0 Å². The zero-order valence-electron chi connectivity index (χ0n) is 12.5. The van der Waals surface area contributed by atoms with Gasteiger partial charge in [-0.2, -0.15) is 0 Å². The molecule has 0 saturated heterocycles. The van der Waals surface area contributed by atoms with Crippen molar-refractivity contribution in [2.24, 2.45) is 5.92 Å². The maximum absolute atomic E-state index is 11.1. The Balaban J connectivity index is 1.80. The van der Waals surface area contributed by atoms with Crippen LogP contribution in [0.25, 0.3) is 0 Å². The molecule has 2 heteroatoms. The van der Waals surface area contributed by atoms with Gasteiger partial charge in [-0.1, -0.05) is 42.8 Å². The van der Waals surface area contributed by atoms with Crippen LogP contribution in [0.4, 0.5) is 0 Å². The first kappa shape index (κ1) is 13.7. The van der Waals surface area contributed by atoms with Crippen LogP contribution in [-0.2, 0) is 6.61 Å². The molecule has 4 rings (SSSR count). The number of hydrogen-bond acceptors (Lipinski definition) is 2. The number of aliphatic hydroxyl groups is 1. The van der Waals surface area contributed by atoms with Crippen molar-refractivity contribution in [3.8, 4) is 0 Å². The molecule has 22 heavy (non-hydrogen) atoms. The molecular weight excluding hydrogens is 272 g/mol. The molecule has 2 aromatic carbocycles. The van der Waals surface area contributed by atoms with Crippen molar-refractivity contribution in [2.45, 2.75) is 37.7 Å². The van der Waals surface area contributed by atoms with Gasteiger partial charge in [-0.3, -0.25) is 4.79 Å². The Morgan fingerprint density at radius 2 is 1.86 bits per heavy atom. The van der Waals surface area contributed by atoms with Crippen LogP contribution < -0.4 is 0 Å². The maximum atomic E-state index is 11.1. The molecular formula is C20H20O2. The van der Waals surface area contributed by atoms with E-state index in [0.29, 0.717) is 17.8 Å². The molecule has 0 radical (unpaired) electrons. The third kappa shape index (κ3) is 2.02. The van der Waals surface area contributed by atoms with E-state index >= 15 is 0 Å². The molecule has 0 bridgehead atoms. The summed E-state index contributed by atoms with van der Waals surface area (Å²) in [4.78, 5) is 11.1. The lowest BCUT2D eigenvalue weighted by atomic mass is 9.83. The molecule has 0 aromatic heterocycles. The van der Waals surface area contributed by atoms with Crippen molar-refractivity contribution in [2.75, 3.05) is 0 Å². The fraction of sp³-hybridized carbons (Fsp3) is 0.350. The van der Waals surface area contributed by atoms with Crippen LogP contribution in [0.15, 0.2) is 42.5 Å². The lowest BCUT2D eigenvalue weighted by molar-refractivity contribution is 0.112. The van der Waals surface area contributed by atoms with Crippen LogP contribution in [0.2, 0.25) is 0 Å². The number of aldehydes is 1. The summed E-state index contributed by atoms with van der Waals surface area (Å²) in [5, 5.41) is 9.23. The molecule has 2 aliphatic rings. The topological polar surface area (TPSA) is 37.3 Å². The van der Waals surface area contributed by atoms with E-state index in [4.69, 9.17) is 0 Å². The Hall–Kier alpha value is -1.93. The van der Waals surface area contributed by atoms with Crippen molar-refractivity contribution >= 4 is 6.29 Å². The molecule has 112 valence electrons. The number of carbonyl (C=O) groups is 1. The van der Waals surface area contributed by atoms with Crippen molar-refractivity contribution in [3.05, 3.63) is 70.3 Å². The highest BCUT2D eigenvalue weighted by atomic mass is 16.3. The van der Waals surface area contributed by atoms with E-state index < -0.39 is 0 Å². The van der Waals surface area contributed by atoms with Gasteiger partial charge in [0.1, 0.15) is 6.29 Å². The SMILES string of the molecule is O=Cc1ccc2c(c1)C1CCCC1C2c1ccc(CO)cc1. The molecule has 2 aliphatic carbocycles. The second kappa shape index (κ2) is 5.36. The molecule has 2 nitrogen and oxygen atoms in total. The second-order valence-corrected chi connectivity index (χ2v) is 6.58. The van der Waals surface area contributed by atoms with Crippen LogP contribution in [-0.4, -0.2) is 11.4 Å². The van der Waals surface area contributed by atoms with E-state index in [1.165, 1.54) is 36.0 Å². The van der Waals surface area contributed by atoms with Gasteiger partial charge < -0.3 is 5.11 Å². The molecule has 0 spiro atoms. The highest BCUT2D eigenvalue weighted by Gasteiger charge is 2.43. The van der Waals surface area contributed by atoms with Gasteiger partial charge in [0.25, 0.3) is 0 Å². The fourth-order valence-corrected chi connectivity index (χ4v) is 4.53. The average molecular weight is 292 g/mol. The Morgan fingerprint density at radius 3 is 2.59 bits per heavy atom. The van der Waals surface area contributed by atoms with Crippen molar-refractivity contribution in [1.82, 2.24) is 0 Å². The number of carbonyl (C=O) groups excluding carboxylic acids is 1. The fourth-order valence-electron chi connectivity index (χ4n) is 4.53. The largest absolute Gasteiger partial charge is 0.392 e. The van der Waals surface area contributed by atoms with Crippen LogP contribution in [0, 0.1) is 5.92 Å². The first-order chi connectivity index (χ1) is 10.8. The molecule has 0 amide bonds. The molecule has 1 saturated carbocycles. The summed E-state index contributed by atoms with van der Waals surface area (Å²) in [7, 11) is 0. The summed E-state index contributed by atoms with van der Waals surface area (Å²) < 4.78 is 0. The van der Waals surface area contributed by atoms with Gasteiger partial charge >= 0.3 is 0 Å². The summed E-state index contributed by atoms with van der Waals surface area (Å²) in [5.41, 5.74) is 5.88. The number of benzene rings is 2. The van der Waals surface area contributed by atoms with E-state index in [2.05, 4.69) is 24.3 Å². The molecule has 1 N–H and O–H groups in total. The molecule has 3 unspecified atom stereocenters. The Labute approximate surface area is 130 Å². The summed E-state index contributed by atoms with van der Waals surface area (Å²) >= 11 is 0. The summed E-state index contributed by atoms with van der Waals surface area (Å²) in [6, 6.07) is 14.6. The summed E-state index contributed by atoms with van der Waals surface area (Å²) in [6.45, 7) is 0.0935. The minimum atomic E-state index is 0.0935. The van der Waals surface area contributed by atoms with Gasteiger partial charge in [-0.05, 0) is 53.0 Å². The Bertz CT molecular complexity index is 702. The maximum Gasteiger partial charge on any atom is 0.150 e. The number of aliphatic hydroxyl groups excluding tert-OH is 1. The highest BCUT2D eigenvalue weighted by molar-refractivity contribution is 5.76. The first-order valence-corrected chi connectivity index (χ1v) is 8.10. The smallest absolute Gasteiger partial charge is 0.150 e. The van der Waals surface area contributed by atoms with Crippen molar-refractivity contribution in [1.29, 1.82) is 0 Å². The molecule has 0 heterocycles. The van der Waals surface area contributed by atoms with E-state index in [-0.39, 0.29) is 6.61 Å². The quantitative estimate of drug-likeness (QED) is 0.868. The van der Waals surface area contributed by atoms with Crippen molar-refractivity contribution < 1.29 is 9.90 Å². The normalized spacial score (nSPS) is 25.8. The van der Waals surface area contributed by atoms with Gasteiger partial charge in [-0.25, -0.2) is 0 Å². The second-order valence-electron chi connectivity index (χ2n) is 6.58. The standard InChI is InChI=1S/C20H20O2/c21-11-13-4-7-15(8-5-13)20-17-3-1-2-16(17)19-10-14(12-22)6-9-18(19)20/h4-10,12,16-17,20-21H,1-3,11H2. The zero-order valence-corrected chi connectivity index (χ0v) is 12.5. The number of fused-ring (bicyclic) bond motifs is 3. The summed E-state index contributed by atoms with van der Waals surface area (Å²) in [5.74, 6) is 1.71. The minimum Gasteiger partial charge on any atom is -0.392 e. The lowest BCUT2D eigenvalue weighted by Crippen LogP contribution is -2.08. The predicted octanol–water partition coefficient (Wildman–Crippen LogP) is 4.02. The highest BCUT2D eigenvalue weighted by Crippen LogP contribution is 2.57. The monoisotopic (exact) mass is 292 g/mol. The first-order valence-electron chi connectivity index (χ1n) is 8.10. The molecule has 3 atom stereocenters. The number of hydrogen-bond donors (Lipinski definition) is 1. The van der Waals surface area contributed by atoms with E-state index in [1.54, 1.807) is 0 Å². The van der Waals surface area contributed by atoms with Gasteiger partial charge in [0.2, 0.25) is 0 Å². The van der Waals surface area contributed by atoms with E-state index in [9.17, 15) is 9.90 Å². The van der Waals surface area contributed by atoms with Crippen LogP contribution in [0.1, 0.15) is 63.7 Å². The lowest BCUT2D eigenvalue weighted by Gasteiger charge is -2.20. The average Bonchev–Trinajstić information content (AvgIpc) is 3.15. The third-order valence-electron chi connectivity index (χ3n) is 5.50. The summed E-state index contributed by atoms with van der Waals surface area (Å²) in [6.07, 6.45) is 4.74. The van der Waals surface area contributed by atoms with Gasteiger partial charge in [-0.15, -0.1) is 0 Å². The Kier molecular flexibility index (Phi) is 3.34. The zero-order chi connectivity index (χ0) is 15.1. The molecule has 1 fully saturated rings. The van der Waals surface area contributed by atoms with E-state index in [1.807, 2.05) is 18.2 Å². The van der Waals surface area contributed by atoms with E-state index in [0.717, 1.165) is 17.4 Å². The number of rotatable bonds is 3. The van der Waals surface area contributed by atoms with Crippen LogP contribution >= 0.6 is 0 Å². The minimum absolute atomic E-state index is 0.0935. The van der Waals surface area contributed by atoms with Gasteiger partial charge in [0, 0.05) is 11.5 Å². The Morgan fingerprint density at radius 1 is 1.05 bits per heavy atom.